The SMILES string of the molecule is CC1CCCC(CCN=C(N)C2CC2)C1. The normalized spacial score (nSPS) is 33.0. The minimum Gasteiger partial charge on any atom is -0.387 e. The Morgan fingerprint density at radius 1 is 1.27 bits per heavy atom. The average Bonchev–Trinajstić information content (AvgIpc) is 3.00. The van der Waals surface area contributed by atoms with Gasteiger partial charge in [0.25, 0.3) is 0 Å². The lowest BCUT2D eigenvalue weighted by molar-refractivity contribution is 0.273. The van der Waals surface area contributed by atoms with Crippen molar-refractivity contribution in [1.82, 2.24) is 0 Å². The molecule has 2 heteroatoms. The maximum atomic E-state index is 5.87. The van der Waals surface area contributed by atoms with Gasteiger partial charge in [0.05, 0.1) is 5.84 Å². The van der Waals surface area contributed by atoms with Crippen LogP contribution in [-0.2, 0) is 0 Å². The van der Waals surface area contributed by atoms with E-state index in [9.17, 15) is 0 Å². The number of aliphatic imine (C=N–C) groups is 1. The van der Waals surface area contributed by atoms with E-state index in [1.54, 1.807) is 0 Å². The Labute approximate surface area is 93.3 Å². The summed E-state index contributed by atoms with van der Waals surface area (Å²) in [7, 11) is 0. The third-order valence-corrected chi connectivity index (χ3v) is 3.87. The zero-order valence-corrected chi connectivity index (χ0v) is 9.91. The molecule has 2 nitrogen and oxygen atoms in total. The molecule has 15 heavy (non-hydrogen) atoms. The van der Waals surface area contributed by atoms with Crippen molar-refractivity contribution >= 4 is 5.84 Å². The van der Waals surface area contributed by atoms with Gasteiger partial charge in [0, 0.05) is 12.5 Å². The summed E-state index contributed by atoms with van der Waals surface area (Å²) >= 11 is 0. The van der Waals surface area contributed by atoms with Crippen LogP contribution in [0.3, 0.4) is 0 Å². The van der Waals surface area contributed by atoms with Crippen LogP contribution in [0, 0.1) is 17.8 Å². The highest BCUT2D eigenvalue weighted by Crippen LogP contribution is 2.31. The maximum absolute atomic E-state index is 5.87. The van der Waals surface area contributed by atoms with Crippen molar-refractivity contribution in [2.24, 2.45) is 28.5 Å². The smallest absolute Gasteiger partial charge is 0.0968 e. The Morgan fingerprint density at radius 2 is 2.07 bits per heavy atom. The van der Waals surface area contributed by atoms with Crippen molar-refractivity contribution in [3.63, 3.8) is 0 Å². The standard InChI is InChI=1S/C13H24N2/c1-10-3-2-4-11(9-10)7-8-15-13(14)12-5-6-12/h10-12H,2-9H2,1H3,(H2,14,15). The Hall–Kier alpha value is -0.530. The molecule has 2 saturated carbocycles. The molecular formula is C13H24N2. The van der Waals surface area contributed by atoms with Gasteiger partial charge in [-0.3, -0.25) is 4.99 Å². The van der Waals surface area contributed by atoms with Crippen LogP contribution in [0.15, 0.2) is 4.99 Å². The van der Waals surface area contributed by atoms with Gasteiger partial charge in [-0.05, 0) is 37.5 Å². The molecular weight excluding hydrogens is 184 g/mol. The minimum absolute atomic E-state index is 0.648. The maximum Gasteiger partial charge on any atom is 0.0968 e. The van der Waals surface area contributed by atoms with Crippen LogP contribution < -0.4 is 5.73 Å². The number of nitrogens with two attached hydrogens (primary N) is 1. The lowest BCUT2D eigenvalue weighted by Crippen LogP contribution is -2.17. The average molecular weight is 208 g/mol. The third kappa shape index (κ3) is 3.51. The second kappa shape index (κ2) is 5.00. The number of hydrogen-bond donors (Lipinski definition) is 1. The molecule has 0 spiro atoms. The van der Waals surface area contributed by atoms with Gasteiger partial charge in [0.15, 0.2) is 0 Å². The Bertz CT molecular complexity index is 231. The van der Waals surface area contributed by atoms with Gasteiger partial charge < -0.3 is 5.73 Å². The quantitative estimate of drug-likeness (QED) is 0.560. The highest BCUT2D eigenvalue weighted by Gasteiger charge is 2.25. The van der Waals surface area contributed by atoms with Gasteiger partial charge in [-0.2, -0.15) is 0 Å². The molecule has 0 saturated heterocycles. The van der Waals surface area contributed by atoms with Crippen molar-refractivity contribution < 1.29 is 0 Å². The molecule has 2 aliphatic rings. The van der Waals surface area contributed by atoms with E-state index in [2.05, 4.69) is 11.9 Å². The van der Waals surface area contributed by atoms with E-state index >= 15 is 0 Å². The molecule has 0 aromatic carbocycles. The van der Waals surface area contributed by atoms with Crippen molar-refractivity contribution in [2.75, 3.05) is 6.54 Å². The van der Waals surface area contributed by atoms with Crippen LogP contribution in [0.4, 0.5) is 0 Å². The molecule has 2 N–H and O–H groups in total. The Kier molecular flexibility index (Phi) is 3.66. The van der Waals surface area contributed by atoms with E-state index in [-0.39, 0.29) is 0 Å². The molecule has 0 aromatic heterocycles. The second-order valence-electron chi connectivity index (χ2n) is 5.51. The van der Waals surface area contributed by atoms with Crippen LogP contribution in [0.1, 0.15) is 51.9 Å². The van der Waals surface area contributed by atoms with Gasteiger partial charge in [-0.1, -0.05) is 26.2 Å². The summed E-state index contributed by atoms with van der Waals surface area (Å²) < 4.78 is 0. The van der Waals surface area contributed by atoms with E-state index in [0.717, 1.165) is 24.2 Å². The van der Waals surface area contributed by atoms with Crippen molar-refractivity contribution in [3.8, 4) is 0 Å². The zero-order chi connectivity index (χ0) is 10.7. The lowest BCUT2D eigenvalue weighted by Gasteiger charge is -2.26. The van der Waals surface area contributed by atoms with Crippen LogP contribution >= 0.6 is 0 Å². The second-order valence-corrected chi connectivity index (χ2v) is 5.51. The highest BCUT2D eigenvalue weighted by molar-refractivity contribution is 5.84. The zero-order valence-electron chi connectivity index (χ0n) is 9.91. The summed E-state index contributed by atoms with van der Waals surface area (Å²) in [6.45, 7) is 3.35. The van der Waals surface area contributed by atoms with Crippen LogP contribution in [-0.4, -0.2) is 12.4 Å². The summed E-state index contributed by atoms with van der Waals surface area (Å²) in [6.07, 6.45) is 9.50. The molecule has 0 radical (unpaired) electrons. The molecule has 86 valence electrons. The van der Waals surface area contributed by atoms with Crippen molar-refractivity contribution in [1.29, 1.82) is 0 Å². The van der Waals surface area contributed by atoms with Crippen molar-refractivity contribution in [3.05, 3.63) is 0 Å². The Morgan fingerprint density at radius 3 is 2.73 bits per heavy atom. The van der Waals surface area contributed by atoms with Gasteiger partial charge in [0.1, 0.15) is 0 Å². The van der Waals surface area contributed by atoms with Gasteiger partial charge >= 0.3 is 0 Å². The molecule has 0 heterocycles. The van der Waals surface area contributed by atoms with Crippen LogP contribution in [0.5, 0.6) is 0 Å². The fourth-order valence-corrected chi connectivity index (χ4v) is 2.71. The van der Waals surface area contributed by atoms with E-state index < -0.39 is 0 Å². The van der Waals surface area contributed by atoms with Gasteiger partial charge in [-0.25, -0.2) is 0 Å². The summed E-state index contributed by atoms with van der Waals surface area (Å²) in [6, 6.07) is 0. The topological polar surface area (TPSA) is 38.4 Å². The molecule has 2 fully saturated rings. The molecule has 0 amide bonds. The predicted molar refractivity (Wildman–Crippen MR) is 65.0 cm³/mol. The summed E-state index contributed by atoms with van der Waals surface area (Å²) in [5.41, 5.74) is 5.87. The van der Waals surface area contributed by atoms with E-state index in [4.69, 9.17) is 5.73 Å². The molecule has 2 unspecified atom stereocenters. The summed E-state index contributed by atoms with van der Waals surface area (Å²) in [5, 5.41) is 0. The molecule has 0 bridgehead atoms. The van der Waals surface area contributed by atoms with Crippen molar-refractivity contribution in [2.45, 2.75) is 51.9 Å². The first-order valence-corrected chi connectivity index (χ1v) is 6.55. The van der Waals surface area contributed by atoms with E-state index in [1.807, 2.05) is 0 Å². The van der Waals surface area contributed by atoms with Crippen LogP contribution in [0.25, 0.3) is 0 Å². The lowest BCUT2D eigenvalue weighted by atomic mass is 9.81. The van der Waals surface area contributed by atoms with E-state index in [1.165, 1.54) is 44.9 Å². The third-order valence-electron chi connectivity index (χ3n) is 3.87. The monoisotopic (exact) mass is 208 g/mol. The molecule has 0 aliphatic heterocycles. The number of amidine groups is 1. The first-order valence-electron chi connectivity index (χ1n) is 6.55. The molecule has 2 atom stereocenters. The fraction of sp³-hybridized carbons (Fsp3) is 0.923. The largest absolute Gasteiger partial charge is 0.387 e. The minimum atomic E-state index is 0.648. The predicted octanol–water partition coefficient (Wildman–Crippen LogP) is 2.97. The number of nitrogens with zero attached hydrogens (tertiary/aromatic N) is 1. The highest BCUT2D eigenvalue weighted by atomic mass is 14.9. The molecule has 2 rings (SSSR count). The van der Waals surface area contributed by atoms with Gasteiger partial charge in [-0.15, -0.1) is 0 Å². The number of rotatable bonds is 4. The Balaban J connectivity index is 1.66. The molecule has 0 aromatic rings. The summed E-state index contributed by atoms with van der Waals surface area (Å²) in [5.74, 6) is 3.44. The first-order chi connectivity index (χ1) is 7.25. The molecule has 2 aliphatic carbocycles. The van der Waals surface area contributed by atoms with Crippen LogP contribution in [0.2, 0.25) is 0 Å². The number of hydrogen-bond acceptors (Lipinski definition) is 1. The van der Waals surface area contributed by atoms with E-state index in [0.29, 0.717) is 5.92 Å². The summed E-state index contributed by atoms with van der Waals surface area (Å²) in [4.78, 5) is 4.50. The van der Waals surface area contributed by atoms with Gasteiger partial charge in [0.2, 0.25) is 0 Å². The first kappa shape index (κ1) is 11.0. The fourth-order valence-electron chi connectivity index (χ4n) is 2.71.